The van der Waals surface area contributed by atoms with Crippen molar-refractivity contribution in [2.45, 2.75) is 17.0 Å². The van der Waals surface area contributed by atoms with Gasteiger partial charge in [0.1, 0.15) is 0 Å². The van der Waals surface area contributed by atoms with Gasteiger partial charge in [-0.05, 0) is 77.9 Å². The van der Waals surface area contributed by atoms with Crippen LogP contribution in [0.2, 0.25) is 10.0 Å². The Balaban J connectivity index is 0.00000304. The van der Waals surface area contributed by atoms with Crippen LogP contribution in [0.4, 0.5) is 0 Å². The first-order chi connectivity index (χ1) is 16.8. The van der Waals surface area contributed by atoms with E-state index in [1.165, 1.54) is 11.8 Å². The predicted molar refractivity (Wildman–Crippen MR) is 154 cm³/mol. The Labute approximate surface area is 235 Å². The molecule has 36 heavy (non-hydrogen) atoms. The molecule has 5 aromatic rings. The molecule has 0 spiro atoms. The van der Waals surface area contributed by atoms with Crippen molar-refractivity contribution in [1.82, 2.24) is 19.7 Å². The molecule has 0 N–H and O–H groups in total. The van der Waals surface area contributed by atoms with Gasteiger partial charge >= 0.3 is 0 Å². The number of nitrogens with zero attached hydrogens (tertiary/aromatic N) is 4. The number of aryl methyl sites for hydroxylation is 1. The minimum atomic E-state index is -1.11. The van der Waals surface area contributed by atoms with E-state index in [4.69, 9.17) is 39.8 Å². The molecule has 9 heteroatoms. The molecule has 1 atom stereocenters. The molecule has 5 rings (SSSR count). The number of halogens is 4. The molecule has 1 unspecified atom stereocenters. The topological polar surface area (TPSA) is 43.6 Å². The zero-order valence-corrected chi connectivity index (χ0v) is 23.6. The third-order valence-corrected chi connectivity index (χ3v) is 7.85. The fourth-order valence-electron chi connectivity index (χ4n) is 4.36. The smallest absolute Gasteiger partial charge is 0.190 e. The Morgan fingerprint density at radius 3 is 2.25 bits per heavy atom. The van der Waals surface area contributed by atoms with Crippen molar-refractivity contribution in [1.29, 1.82) is 0 Å². The van der Waals surface area contributed by atoms with E-state index in [2.05, 4.69) is 22.3 Å². The van der Waals surface area contributed by atoms with Gasteiger partial charge < -0.3 is 4.57 Å². The Morgan fingerprint density at radius 1 is 0.861 bits per heavy atom. The standard InChI is InChI=1S/C27H21Cl3N4S.ClH/c1-16-13-22(17-5-4-6-21(29)14-17)23-15-19(9-12-24(23)31-16)27(30,18-7-10-20(28)11-8-18)25-32-33-26(35-3)34(25)2;/h4-15H,1-3H3;1H. The lowest BCUT2D eigenvalue weighted by Gasteiger charge is -2.28. The Bertz CT molecular complexity index is 1550. The van der Waals surface area contributed by atoms with Gasteiger partial charge in [0.15, 0.2) is 15.9 Å². The molecule has 2 aromatic heterocycles. The highest BCUT2D eigenvalue weighted by Gasteiger charge is 2.39. The van der Waals surface area contributed by atoms with Crippen LogP contribution in [-0.2, 0) is 11.9 Å². The Kier molecular flexibility index (Phi) is 7.89. The average molecular weight is 576 g/mol. The van der Waals surface area contributed by atoms with E-state index in [1.54, 1.807) is 0 Å². The summed E-state index contributed by atoms with van der Waals surface area (Å²) >= 11 is 21.6. The lowest BCUT2D eigenvalue weighted by Crippen LogP contribution is -2.26. The number of hydrogen-bond donors (Lipinski definition) is 0. The van der Waals surface area contributed by atoms with Crippen molar-refractivity contribution in [2.75, 3.05) is 6.26 Å². The zero-order chi connectivity index (χ0) is 24.7. The lowest BCUT2D eigenvalue weighted by molar-refractivity contribution is 0.684. The number of aromatic nitrogens is 4. The van der Waals surface area contributed by atoms with Gasteiger partial charge in [-0.2, -0.15) is 0 Å². The van der Waals surface area contributed by atoms with Crippen LogP contribution in [0, 0.1) is 6.92 Å². The van der Waals surface area contributed by atoms with Gasteiger partial charge in [0.2, 0.25) is 0 Å². The maximum atomic E-state index is 7.58. The summed E-state index contributed by atoms with van der Waals surface area (Å²) in [7, 11) is 1.93. The van der Waals surface area contributed by atoms with Gasteiger partial charge in [-0.15, -0.1) is 22.6 Å². The number of rotatable bonds is 5. The maximum Gasteiger partial charge on any atom is 0.190 e. The van der Waals surface area contributed by atoms with Crippen LogP contribution >= 0.6 is 59.0 Å². The number of benzene rings is 3. The fraction of sp³-hybridized carbons (Fsp3) is 0.148. The second kappa shape index (κ2) is 10.6. The second-order valence-corrected chi connectivity index (χ2v) is 10.5. The third kappa shape index (κ3) is 4.71. The summed E-state index contributed by atoms with van der Waals surface area (Å²) in [6.07, 6.45) is 1.97. The van der Waals surface area contributed by atoms with E-state index in [0.29, 0.717) is 15.9 Å². The average Bonchev–Trinajstić information content (AvgIpc) is 3.24. The summed E-state index contributed by atoms with van der Waals surface area (Å²) < 4.78 is 1.93. The summed E-state index contributed by atoms with van der Waals surface area (Å²) in [5.41, 5.74) is 5.55. The van der Waals surface area contributed by atoms with Crippen molar-refractivity contribution < 1.29 is 0 Å². The van der Waals surface area contributed by atoms with Gasteiger partial charge in [0.25, 0.3) is 0 Å². The van der Waals surface area contributed by atoms with E-state index in [-0.39, 0.29) is 12.4 Å². The number of pyridine rings is 1. The summed E-state index contributed by atoms with van der Waals surface area (Å²) in [6.45, 7) is 1.99. The summed E-state index contributed by atoms with van der Waals surface area (Å²) in [6, 6.07) is 23.5. The highest BCUT2D eigenvalue weighted by atomic mass is 35.5. The van der Waals surface area contributed by atoms with Gasteiger partial charge in [-0.25, -0.2) is 0 Å². The van der Waals surface area contributed by atoms with E-state index in [9.17, 15) is 0 Å². The Hall–Kier alpha value is -2.28. The van der Waals surface area contributed by atoms with Crippen LogP contribution in [0.3, 0.4) is 0 Å². The number of thioether (sulfide) groups is 1. The normalized spacial score (nSPS) is 12.8. The molecule has 3 aromatic carbocycles. The van der Waals surface area contributed by atoms with Crippen LogP contribution in [0.5, 0.6) is 0 Å². The van der Waals surface area contributed by atoms with Crippen molar-refractivity contribution in [3.63, 3.8) is 0 Å². The quantitative estimate of drug-likeness (QED) is 0.156. The molecule has 0 radical (unpaired) electrons. The van der Waals surface area contributed by atoms with Crippen LogP contribution in [0.1, 0.15) is 22.6 Å². The summed E-state index contributed by atoms with van der Waals surface area (Å²) in [5, 5.41) is 11.9. The molecule has 0 aliphatic rings. The van der Waals surface area contributed by atoms with Crippen molar-refractivity contribution in [2.24, 2.45) is 7.05 Å². The van der Waals surface area contributed by atoms with Gasteiger partial charge in [-0.3, -0.25) is 4.98 Å². The largest absolute Gasteiger partial charge is 0.307 e. The van der Waals surface area contributed by atoms with E-state index in [1.807, 2.05) is 85.5 Å². The minimum absolute atomic E-state index is 0. The highest BCUT2D eigenvalue weighted by Crippen LogP contribution is 2.44. The summed E-state index contributed by atoms with van der Waals surface area (Å²) in [5.74, 6) is 0.620. The molecule has 2 heterocycles. The summed E-state index contributed by atoms with van der Waals surface area (Å²) in [4.78, 5) is 3.66. The number of hydrogen-bond acceptors (Lipinski definition) is 4. The van der Waals surface area contributed by atoms with Gasteiger partial charge in [0.05, 0.1) is 5.52 Å². The van der Waals surface area contributed by atoms with Crippen molar-refractivity contribution >= 4 is 69.9 Å². The zero-order valence-electron chi connectivity index (χ0n) is 19.7. The Morgan fingerprint density at radius 2 is 1.58 bits per heavy atom. The van der Waals surface area contributed by atoms with Crippen molar-refractivity contribution in [3.05, 3.63) is 105 Å². The molecule has 0 bridgehead atoms. The van der Waals surface area contributed by atoms with Crippen LogP contribution < -0.4 is 0 Å². The molecular formula is C27H22Cl4N4S. The van der Waals surface area contributed by atoms with Crippen molar-refractivity contribution in [3.8, 4) is 11.1 Å². The highest BCUT2D eigenvalue weighted by molar-refractivity contribution is 7.98. The molecule has 0 saturated carbocycles. The van der Waals surface area contributed by atoms with E-state index >= 15 is 0 Å². The lowest BCUT2D eigenvalue weighted by atomic mass is 9.87. The molecule has 4 nitrogen and oxygen atoms in total. The SMILES string of the molecule is CSc1nnc(C(Cl)(c2ccc(Cl)cc2)c2ccc3nc(C)cc(-c4cccc(Cl)c4)c3c2)n1C.Cl. The molecule has 0 aliphatic heterocycles. The van der Waals surface area contributed by atoms with Crippen LogP contribution in [-0.4, -0.2) is 26.0 Å². The fourth-order valence-corrected chi connectivity index (χ4v) is 5.57. The van der Waals surface area contributed by atoms with Crippen LogP contribution in [0.25, 0.3) is 22.0 Å². The number of fused-ring (bicyclic) bond motifs is 1. The molecule has 0 amide bonds. The van der Waals surface area contributed by atoms with Gasteiger partial charge in [-0.1, -0.05) is 76.9 Å². The van der Waals surface area contributed by atoms with E-state index in [0.717, 1.165) is 44.0 Å². The first-order valence-corrected chi connectivity index (χ1v) is 13.2. The monoisotopic (exact) mass is 574 g/mol. The maximum absolute atomic E-state index is 7.58. The molecule has 0 aliphatic carbocycles. The predicted octanol–water partition coefficient (Wildman–Crippen LogP) is 8.32. The first-order valence-electron chi connectivity index (χ1n) is 10.9. The van der Waals surface area contributed by atoms with Gasteiger partial charge in [0, 0.05) is 28.2 Å². The second-order valence-electron chi connectivity index (χ2n) is 8.29. The molecular weight excluding hydrogens is 554 g/mol. The van der Waals surface area contributed by atoms with E-state index < -0.39 is 4.87 Å². The molecule has 184 valence electrons. The van der Waals surface area contributed by atoms with Crippen LogP contribution in [0.15, 0.2) is 78.0 Å². The molecule has 0 saturated heterocycles. The number of alkyl halides is 1. The third-order valence-electron chi connectivity index (χ3n) is 6.04. The minimum Gasteiger partial charge on any atom is -0.307 e. The first kappa shape index (κ1) is 26.8. The molecule has 0 fully saturated rings.